The van der Waals surface area contributed by atoms with Crippen molar-refractivity contribution in [1.29, 1.82) is 0 Å². The van der Waals surface area contributed by atoms with Crippen LogP contribution in [0.5, 0.6) is 0 Å². The van der Waals surface area contributed by atoms with Crippen LogP contribution in [0, 0.1) is 0 Å². The fraction of sp³-hybridized carbons (Fsp3) is 1.00. The SMILES string of the molecule is CCCC[N+](CCCC)(CCCC)CCCC.CC[N+](CC)(CC)CC. The summed E-state index contributed by atoms with van der Waals surface area (Å²) in [6.45, 7) is 29.2. The van der Waals surface area contributed by atoms with Gasteiger partial charge in [0.05, 0.1) is 52.4 Å². The minimum Gasteiger partial charge on any atom is -0.325 e. The summed E-state index contributed by atoms with van der Waals surface area (Å²) in [6.07, 6.45) is 11.1. The molecule has 0 aromatic carbocycles. The number of rotatable bonds is 16. The molecule has 26 heavy (non-hydrogen) atoms. The Labute approximate surface area is 168 Å². The third-order valence-electron chi connectivity index (χ3n) is 6.63. The molecular formula is C24H56N2+2. The molecule has 0 fully saturated rings. The van der Waals surface area contributed by atoms with Crippen molar-refractivity contribution >= 4 is 0 Å². The molecule has 0 radical (unpaired) electrons. The first-order valence-corrected chi connectivity index (χ1v) is 12.2. The molecule has 0 amide bonds. The van der Waals surface area contributed by atoms with E-state index >= 15 is 0 Å². The molecule has 0 aliphatic rings. The molecule has 0 unspecified atom stereocenters. The molecule has 0 spiro atoms. The second kappa shape index (κ2) is 18.3. The number of hydrogen-bond donors (Lipinski definition) is 0. The van der Waals surface area contributed by atoms with Crippen LogP contribution >= 0.6 is 0 Å². The van der Waals surface area contributed by atoms with E-state index in [9.17, 15) is 0 Å². The molecule has 2 heteroatoms. The maximum atomic E-state index is 2.33. The molecule has 0 N–H and O–H groups in total. The summed E-state index contributed by atoms with van der Waals surface area (Å²) in [6, 6.07) is 0. The van der Waals surface area contributed by atoms with Crippen molar-refractivity contribution in [3.8, 4) is 0 Å². The van der Waals surface area contributed by atoms with Crippen molar-refractivity contribution in [2.24, 2.45) is 0 Å². The lowest BCUT2D eigenvalue weighted by Gasteiger charge is -2.39. The lowest BCUT2D eigenvalue weighted by atomic mass is 10.1. The average molecular weight is 373 g/mol. The van der Waals surface area contributed by atoms with Crippen molar-refractivity contribution in [1.82, 2.24) is 0 Å². The fourth-order valence-corrected chi connectivity index (χ4v) is 3.99. The molecule has 0 aromatic rings. The molecule has 160 valence electrons. The van der Waals surface area contributed by atoms with Crippen molar-refractivity contribution in [2.75, 3.05) is 52.4 Å². The number of quaternary nitrogens is 2. The summed E-state index contributed by atoms with van der Waals surface area (Å²) in [7, 11) is 0. The highest BCUT2D eigenvalue weighted by atomic mass is 15.3. The molecule has 0 atom stereocenters. The van der Waals surface area contributed by atoms with Gasteiger partial charge >= 0.3 is 0 Å². The largest absolute Gasteiger partial charge is 0.325 e. The zero-order valence-corrected chi connectivity index (χ0v) is 20.2. The second-order valence-corrected chi connectivity index (χ2v) is 8.26. The van der Waals surface area contributed by atoms with E-state index in [1.807, 2.05) is 0 Å². The van der Waals surface area contributed by atoms with Crippen molar-refractivity contribution < 1.29 is 8.97 Å². The standard InChI is InChI=1S/C16H36N.C8H20N/c1-5-9-13-17(14-10-6-2,15-11-7-3)16-12-8-4;1-5-9(6-2,7-3)8-4/h5-16H2,1-4H3;5-8H2,1-4H3/q2*+1. The lowest BCUT2D eigenvalue weighted by molar-refractivity contribution is -0.929. The highest BCUT2D eigenvalue weighted by molar-refractivity contribution is 4.49. The molecule has 0 saturated heterocycles. The van der Waals surface area contributed by atoms with E-state index in [2.05, 4.69) is 55.4 Å². The van der Waals surface area contributed by atoms with Crippen molar-refractivity contribution in [3.05, 3.63) is 0 Å². The van der Waals surface area contributed by atoms with Gasteiger partial charge in [-0.2, -0.15) is 0 Å². The summed E-state index contributed by atoms with van der Waals surface area (Å²) >= 11 is 0. The Hall–Kier alpha value is -0.0800. The van der Waals surface area contributed by atoms with E-state index < -0.39 is 0 Å². The summed E-state index contributed by atoms with van der Waals surface area (Å²) in [4.78, 5) is 0. The highest BCUT2D eigenvalue weighted by Gasteiger charge is 2.24. The lowest BCUT2D eigenvalue weighted by Crippen LogP contribution is -2.50. The van der Waals surface area contributed by atoms with Gasteiger partial charge < -0.3 is 8.97 Å². The number of hydrogen-bond acceptors (Lipinski definition) is 0. The first kappa shape index (κ1) is 28.1. The van der Waals surface area contributed by atoms with Crippen LogP contribution in [0.2, 0.25) is 0 Å². The predicted molar refractivity (Wildman–Crippen MR) is 122 cm³/mol. The zero-order valence-electron chi connectivity index (χ0n) is 20.2. The monoisotopic (exact) mass is 372 g/mol. The Bertz CT molecular complexity index is 216. The van der Waals surface area contributed by atoms with E-state index in [1.54, 1.807) is 0 Å². The van der Waals surface area contributed by atoms with E-state index in [-0.39, 0.29) is 0 Å². The number of unbranched alkanes of at least 4 members (excludes halogenated alkanes) is 4. The van der Waals surface area contributed by atoms with Crippen molar-refractivity contribution in [2.45, 2.75) is 107 Å². The third kappa shape index (κ3) is 12.3. The molecular weight excluding hydrogens is 316 g/mol. The maximum Gasteiger partial charge on any atom is 0.0786 e. The van der Waals surface area contributed by atoms with Crippen LogP contribution in [0.1, 0.15) is 107 Å². The Morgan fingerprint density at radius 1 is 0.346 bits per heavy atom. The van der Waals surface area contributed by atoms with Gasteiger partial charge in [-0.3, -0.25) is 0 Å². The Balaban J connectivity index is 0. The van der Waals surface area contributed by atoms with E-state index in [0.29, 0.717) is 0 Å². The van der Waals surface area contributed by atoms with Gasteiger partial charge in [-0.1, -0.05) is 53.4 Å². The minimum atomic E-state index is 1.28. The molecule has 0 aliphatic heterocycles. The first-order chi connectivity index (χ1) is 12.5. The molecule has 0 aromatic heterocycles. The number of nitrogens with zero attached hydrogens (tertiary/aromatic N) is 2. The average Bonchev–Trinajstić information content (AvgIpc) is 2.69. The van der Waals surface area contributed by atoms with Crippen molar-refractivity contribution in [3.63, 3.8) is 0 Å². The van der Waals surface area contributed by atoms with Crippen LogP contribution in [0.25, 0.3) is 0 Å². The van der Waals surface area contributed by atoms with Crippen LogP contribution in [-0.2, 0) is 0 Å². The maximum absolute atomic E-state index is 2.33. The van der Waals surface area contributed by atoms with Gasteiger partial charge in [0.1, 0.15) is 0 Å². The van der Waals surface area contributed by atoms with Crippen LogP contribution < -0.4 is 0 Å². The predicted octanol–water partition coefficient (Wildman–Crippen LogP) is 6.89. The van der Waals surface area contributed by atoms with Gasteiger partial charge in [0.25, 0.3) is 0 Å². The van der Waals surface area contributed by atoms with Gasteiger partial charge in [0.15, 0.2) is 0 Å². The Morgan fingerprint density at radius 3 is 0.692 bits per heavy atom. The molecule has 0 saturated carbocycles. The topological polar surface area (TPSA) is 0 Å². The molecule has 2 nitrogen and oxygen atoms in total. The third-order valence-corrected chi connectivity index (χ3v) is 6.63. The second-order valence-electron chi connectivity index (χ2n) is 8.26. The van der Waals surface area contributed by atoms with E-state index in [1.165, 1.54) is 113 Å². The van der Waals surface area contributed by atoms with Gasteiger partial charge in [-0.05, 0) is 53.4 Å². The smallest absolute Gasteiger partial charge is 0.0786 e. The summed E-state index contributed by atoms with van der Waals surface area (Å²) in [5, 5.41) is 0. The van der Waals surface area contributed by atoms with Gasteiger partial charge in [-0.15, -0.1) is 0 Å². The molecule has 0 rings (SSSR count). The molecule has 0 heterocycles. The van der Waals surface area contributed by atoms with E-state index in [0.717, 1.165) is 0 Å². The summed E-state index contributed by atoms with van der Waals surface area (Å²) < 4.78 is 2.70. The van der Waals surface area contributed by atoms with Gasteiger partial charge in [0, 0.05) is 0 Å². The Kier molecular flexibility index (Phi) is 19.8. The van der Waals surface area contributed by atoms with Crippen LogP contribution in [0.15, 0.2) is 0 Å². The summed E-state index contributed by atoms with van der Waals surface area (Å²) in [5.41, 5.74) is 0. The normalized spacial score (nSPS) is 12.0. The van der Waals surface area contributed by atoms with Gasteiger partial charge in [0.2, 0.25) is 0 Å². The van der Waals surface area contributed by atoms with Crippen LogP contribution in [0.4, 0.5) is 0 Å². The summed E-state index contributed by atoms with van der Waals surface area (Å²) in [5.74, 6) is 0. The van der Waals surface area contributed by atoms with Crippen LogP contribution in [0.3, 0.4) is 0 Å². The van der Waals surface area contributed by atoms with Gasteiger partial charge in [-0.25, -0.2) is 0 Å². The Morgan fingerprint density at radius 2 is 0.577 bits per heavy atom. The fourth-order valence-electron chi connectivity index (χ4n) is 3.99. The van der Waals surface area contributed by atoms with E-state index in [4.69, 9.17) is 0 Å². The quantitative estimate of drug-likeness (QED) is 0.259. The highest BCUT2D eigenvalue weighted by Crippen LogP contribution is 2.16. The minimum absolute atomic E-state index is 1.28. The molecule has 0 aliphatic carbocycles. The zero-order chi connectivity index (χ0) is 20.3. The first-order valence-electron chi connectivity index (χ1n) is 12.2. The molecule has 0 bridgehead atoms. The van der Waals surface area contributed by atoms with Crippen LogP contribution in [-0.4, -0.2) is 61.3 Å².